The maximum atomic E-state index is 12.9. The molecule has 4 nitrogen and oxygen atoms in total. The molecule has 0 bridgehead atoms. The van der Waals surface area contributed by atoms with Gasteiger partial charge in [-0.1, -0.05) is 6.07 Å². The quantitative estimate of drug-likeness (QED) is 0.856. The Morgan fingerprint density at radius 1 is 1.22 bits per heavy atom. The van der Waals surface area contributed by atoms with Crippen molar-refractivity contribution in [2.75, 3.05) is 5.32 Å². The van der Waals surface area contributed by atoms with Crippen molar-refractivity contribution in [1.82, 2.24) is 0 Å². The number of anilines is 1. The van der Waals surface area contributed by atoms with E-state index in [0.717, 1.165) is 30.3 Å². The van der Waals surface area contributed by atoms with Crippen LogP contribution in [0.1, 0.15) is 38.3 Å². The topological polar surface area (TPSA) is 72.2 Å². The van der Waals surface area contributed by atoms with Crippen LogP contribution in [0.3, 0.4) is 0 Å². The molecule has 0 aliphatic heterocycles. The second-order valence-corrected chi connectivity index (χ2v) is 5.75. The molecular formula is C18H17FN2O2. The number of hydrogen-bond donors (Lipinski definition) is 2. The molecule has 2 aromatic carbocycles. The SMILES string of the molecule is NC1CCc2c(ccc(C(=O)Nc3ccc(F)cc3)c2C=O)C1. The van der Waals surface area contributed by atoms with Crippen LogP contribution < -0.4 is 11.1 Å². The molecular weight excluding hydrogens is 295 g/mol. The minimum Gasteiger partial charge on any atom is -0.327 e. The fourth-order valence-corrected chi connectivity index (χ4v) is 2.97. The number of halogens is 1. The average Bonchev–Trinajstić information content (AvgIpc) is 2.55. The van der Waals surface area contributed by atoms with Gasteiger partial charge in [-0.15, -0.1) is 0 Å². The molecule has 0 aromatic heterocycles. The summed E-state index contributed by atoms with van der Waals surface area (Å²) in [6.07, 6.45) is 2.95. The Morgan fingerprint density at radius 2 is 1.96 bits per heavy atom. The van der Waals surface area contributed by atoms with Crippen LogP contribution in [0.5, 0.6) is 0 Å². The van der Waals surface area contributed by atoms with Crippen LogP contribution in [-0.2, 0) is 12.8 Å². The van der Waals surface area contributed by atoms with Crippen LogP contribution in [0.4, 0.5) is 10.1 Å². The zero-order valence-electron chi connectivity index (χ0n) is 12.5. The molecule has 1 atom stereocenters. The van der Waals surface area contributed by atoms with E-state index in [1.54, 1.807) is 6.07 Å². The van der Waals surface area contributed by atoms with Crippen molar-refractivity contribution in [2.45, 2.75) is 25.3 Å². The average molecular weight is 312 g/mol. The molecule has 3 rings (SSSR count). The van der Waals surface area contributed by atoms with E-state index >= 15 is 0 Å². The third-order valence-electron chi connectivity index (χ3n) is 4.17. The predicted octanol–water partition coefficient (Wildman–Crippen LogP) is 2.71. The lowest BCUT2D eigenvalue weighted by Gasteiger charge is -2.23. The summed E-state index contributed by atoms with van der Waals surface area (Å²) in [7, 11) is 0. The number of aldehydes is 1. The zero-order valence-corrected chi connectivity index (χ0v) is 12.5. The number of fused-ring (bicyclic) bond motifs is 1. The van der Waals surface area contributed by atoms with Gasteiger partial charge in [0.15, 0.2) is 6.29 Å². The first kappa shape index (κ1) is 15.4. The molecule has 1 unspecified atom stereocenters. The highest BCUT2D eigenvalue weighted by atomic mass is 19.1. The van der Waals surface area contributed by atoms with E-state index in [1.165, 1.54) is 24.3 Å². The number of hydrogen-bond acceptors (Lipinski definition) is 3. The molecule has 5 heteroatoms. The molecule has 2 aromatic rings. The first-order valence-corrected chi connectivity index (χ1v) is 7.51. The third-order valence-corrected chi connectivity index (χ3v) is 4.17. The minimum atomic E-state index is -0.378. The Morgan fingerprint density at radius 3 is 2.65 bits per heavy atom. The summed E-state index contributed by atoms with van der Waals surface area (Å²) in [5, 5.41) is 2.69. The Kier molecular flexibility index (Phi) is 4.21. The van der Waals surface area contributed by atoms with Crippen molar-refractivity contribution < 1.29 is 14.0 Å². The summed E-state index contributed by atoms with van der Waals surface area (Å²) >= 11 is 0. The van der Waals surface area contributed by atoms with Crippen LogP contribution in [0.15, 0.2) is 36.4 Å². The maximum Gasteiger partial charge on any atom is 0.256 e. The van der Waals surface area contributed by atoms with Gasteiger partial charge < -0.3 is 11.1 Å². The lowest BCUT2D eigenvalue weighted by atomic mass is 9.84. The zero-order chi connectivity index (χ0) is 16.4. The molecule has 23 heavy (non-hydrogen) atoms. The summed E-state index contributed by atoms with van der Waals surface area (Å²) in [5.41, 5.74) is 9.13. The van der Waals surface area contributed by atoms with Gasteiger partial charge in [0.05, 0.1) is 5.56 Å². The van der Waals surface area contributed by atoms with Gasteiger partial charge in [-0.2, -0.15) is 0 Å². The van der Waals surface area contributed by atoms with Gasteiger partial charge >= 0.3 is 0 Å². The van der Waals surface area contributed by atoms with Gasteiger partial charge in [-0.05, 0) is 60.7 Å². The van der Waals surface area contributed by atoms with Crippen LogP contribution in [0.25, 0.3) is 0 Å². The number of nitrogens with two attached hydrogens (primary N) is 1. The normalized spacial score (nSPS) is 16.5. The summed E-state index contributed by atoms with van der Waals surface area (Å²) in [6, 6.07) is 9.10. The number of nitrogens with one attached hydrogen (secondary N) is 1. The molecule has 1 amide bonds. The fourth-order valence-electron chi connectivity index (χ4n) is 2.97. The van der Waals surface area contributed by atoms with Crippen LogP contribution in [-0.4, -0.2) is 18.2 Å². The highest BCUT2D eigenvalue weighted by Gasteiger charge is 2.22. The molecule has 118 valence electrons. The molecule has 0 radical (unpaired) electrons. The molecule has 0 spiro atoms. The standard InChI is InChI=1S/C18H17FN2O2/c19-12-2-5-14(6-3-12)21-18(23)16-7-1-11-9-13(20)4-8-15(11)17(16)10-22/h1-3,5-7,10,13H,4,8-9,20H2,(H,21,23). The van der Waals surface area contributed by atoms with E-state index in [9.17, 15) is 14.0 Å². The Labute approximate surface area is 133 Å². The minimum absolute atomic E-state index is 0.0980. The van der Waals surface area contributed by atoms with Crippen molar-refractivity contribution in [1.29, 1.82) is 0 Å². The number of benzene rings is 2. The first-order valence-electron chi connectivity index (χ1n) is 7.51. The van der Waals surface area contributed by atoms with Gasteiger partial charge in [0, 0.05) is 17.3 Å². The summed E-state index contributed by atoms with van der Waals surface area (Å²) in [6.45, 7) is 0. The molecule has 1 aliphatic rings. The van der Waals surface area contributed by atoms with E-state index in [-0.39, 0.29) is 17.8 Å². The highest BCUT2D eigenvalue weighted by Crippen LogP contribution is 2.26. The van der Waals surface area contributed by atoms with Crippen molar-refractivity contribution in [3.63, 3.8) is 0 Å². The van der Waals surface area contributed by atoms with Crippen LogP contribution in [0, 0.1) is 5.82 Å². The van der Waals surface area contributed by atoms with Gasteiger partial charge in [0.2, 0.25) is 0 Å². The van der Waals surface area contributed by atoms with Crippen molar-refractivity contribution in [3.05, 3.63) is 64.5 Å². The Bertz CT molecular complexity index is 756. The maximum absolute atomic E-state index is 12.9. The fraction of sp³-hybridized carbons (Fsp3) is 0.222. The summed E-state index contributed by atoms with van der Waals surface area (Å²) in [4.78, 5) is 24.0. The molecule has 0 heterocycles. The van der Waals surface area contributed by atoms with E-state index in [0.29, 0.717) is 23.2 Å². The summed E-state index contributed by atoms with van der Waals surface area (Å²) < 4.78 is 12.9. The number of carbonyl (C=O) groups is 2. The second kappa shape index (κ2) is 6.30. The molecule has 0 saturated heterocycles. The van der Waals surface area contributed by atoms with Crippen LogP contribution >= 0.6 is 0 Å². The molecule has 0 fully saturated rings. The van der Waals surface area contributed by atoms with Gasteiger partial charge in [0.25, 0.3) is 5.91 Å². The first-order chi connectivity index (χ1) is 11.1. The number of amides is 1. The largest absolute Gasteiger partial charge is 0.327 e. The Balaban J connectivity index is 1.91. The monoisotopic (exact) mass is 312 g/mol. The number of rotatable bonds is 3. The lowest BCUT2D eigenvalue weighted by Crippen LogP contribution is -2.29. The molecule has 0 saturated carbocycles. The smallest absolute Gasteiger partial charge is 0.256 e. The van der Waals surface area contributed by atoms with Crippen molar-refractivity contribution in [3.8, 4) is 0 Å². The summed E-state index contributed by atoms with van der Waals surface area (Å²) in [5.74, 6) is -0.752. The number of carbonyl (C=O) groups excluding carboxylic acids is 2. The molecule has 3 N–H and O–H groups in total. The van der Waals surface area contributed by atoms with Crippen molar-refractivity contribution >= 4 is 17.9 Å². The van der Waals surface area contributed by atoms with E-state index in [4.69, 9.17) is 5.73 Å². The van der Waals surface area contributed by atoms with E-state index in [1.807, 2.05) is 6.07 Å². The van der Waals surface area contributed by atoms with Gasteiger partial charge in [-0.3, -0.25) is 9.59 Å². The van der Waals surface area contributed by atoms with Gasteiger partial charge in [-0.25, -0.2) is 4.39 Å². The third kappa shape index (κ3) is 3.14. The van der Waals surface area contributed by atoms with Crippen LogP contribution in [0.2, 0.25) is 0 Å². The van der Waals surface area contributed by atoms with Gasteiger partial charge in [0.1, 0.15) is 5.82 Å². The highest BCUT2D eigenvalue weighted by molar-refractivity contribution is 6.09. The predicted molar refractivity (Wildman–Crippen MR) is 86.2 cm³/mol. The van der Waals surface area contributed by atoms with E-state index < -0.39 is 0 Å². The van der Waals surface area contributed by atoms with Crippen molar-refractivity contribution in [2.24, 2.45) is 5.73 Å². The van der Waals surface area contributed by atoms with E-state index in [2.05, 4.69) is 5.32 Å². The lowest BCUT2D eigenvalue weighted by molar-refractivity contribution is 0.101. The Hall–Kier alpha value is -2.53. The second-order valence-electron chi connectivity index (χ2n) is 5.75. The molecule has 1 aliphatic carbocycles.